The molecule has 0 saturated carbocycles. The molecule has 6 rings (SSSR count). The second-order valence-corrected chi connectivity index (χ2v) is 8.66. The Labute approximate surface area is 227 Å². The minimum absolute atomic E-state index is 0.957. The van der Waals surface area contributed by atoms with Gasteiger partial charge in [-0.3, -0.25) is 0 Å². The molecule has 5 aromatic rings. The minimum atomic E-state index is 0.957. The molecule has 1 aliphatic carbocycles. The molecule has 38 heavy (non-hydrogen) atoms. The second-order valence-electron chi connectivity index (χ2n) is 8.66. The first kappa shape index (κ1) is 26.8. The maximum atomic E-state index is 3.85. The first-order valence-corrected chi connectivity index (χ1v) is 13.7. The van der Waals surface area contributed by atoms with Gasteiger partial charge in [-0.05, 0) is 49.8 Å². The number of hydrogen-bond acceptors (Lipinski definition) is 0. The molecule has 0 saturated heterocycles. The van der Waals surface area contributed by atoms with Crippen molar-refractivity contribution in [2.24, 2.45) is 0 Å². The molecule has 3 aromatic carbocycles. The van der Waals surface area contributed by atoms with Crippen LogP contribution in [0.1, 0.15) is 56.6 Å². The van der Waals surface area contributed by atoms with Crippen molar-refractivity contribution in [3.63, 3.8) is 0 Å². The Morgan fingerprint density at radius 1 is 0.711 bits per heavy atom. The van der Waals surface area contributed by atoms with Gasteiger partial charge >= 0.3 is 0 Å². The molecular formula is C36H38N2. The summed E-state index contributed by atoms with van der Waals surface area (Å²) >= 11 is 0. The summed E-state index contributed by atoms with van der Waals surface area (Å²) in [4.78, 5) is 0. The summed E-state index contributed by atoms with van der Waals surface area (Å²) in [5.74, 6) is 0. The molecule has 0 aliphatic heterocycles. The molecule has 2 heteroatoms. The summed E-state index contributed by atoms with van der Waals surface area (Å²) in [6, 6.07) is 26.2. The van der Waals surface area contributed by atoms with E-state index in [4.69, 9.17) is 0 Å². The van der Waals surface area contributed by atoms with E-state index in [1.54, 1.807) is 0 Å². The van der Waals surface area contributed by atoms with Gasteiger partial charge < -0.3 is 9.13 Å². The third-order valence-corrected chi connectivity index (χ3v) is 6.69. The van der Waals surface area contributed by atoms with Crippen molar-refractivity contribution in [1.82, 2.24) is 9.13 Å². The summed E-state index contributed by atoms with van der Waals surface area (Å²) in [7, 11) is 0. The summed E-state index contributed by atoms with van der Waals surface area (Å²) in [6.07, 6.45) is 16.0. The molecule has 0 radical (unpaired) electrons. The van der Waals surface area contributed by atoms with Crippen molar-refractivity contribution >= 4 is 40.0 Å². The van der Waals surface area contributed by atoms with Crippen LogP contribution in [0.4, 0.5) is 0 Å². The van der Waals surface area contributed by atoms with Crippen LogP contribution in [0.5, 0.6) is 0 Å². The first-order valence-electron chi connectivity index (χ1n) is 13.7. The highest BCUT2D eigenvalue weighted by Crippen LogP contribution is 2.35. The van der Waals surface area contributed by atoms with Gasteiger partial charge in [-0.2, -0.15) is 0 Å². The van der Waals surface area contributed by atoms with E-state index in [-0.39, 0.29) is 0 Å². The minimum Gasteiger partial charge on any atom is -0.313 e. The Kier molecular flexibility index (Phi) is 8.66. The van der Waals surface area contributed by atoms with Crippen molar-refractivity contribution in [2.45, 2.75) is 41.0 Å². The number of hydrogen-bond donors (Lipinski definition) is 0. The molecule has 2 aromatic heterocycles. The van der Waals surface area contributed by atoms with E-state index in [0.29, 0.717) is 0 Å². The Bertz CT molecular complexity index is 1650. The van der Waals surface area contributed by atoms with Crippen molar-refractivity contribution in [3.8, 4) is 11.4 Å². The van der Waals surface area contributed by atoms with Gasteiger partial charge in [0.15, 0.2) is 0 Å². The number of allylic oxidation sites excluding steroid dienone is 4. The predicted octanol–water partition coefficient (Wildman–Crippen LogP) is 10.6. The Hall–Kier alpha value is -4.30. The zero-order valence-corrected chi connectivity index (χ0v) is 23.3. The van der Waals surface area contributed by atoms with Crippen LogP contribution in [-0.2, 0) is 0 Å². The van der Waals surface area contributed by atoms with E-state index in [2.05, 4.69) is 126 Å². The van der Waals surface area contributed by atoms with Crippen LogP contribution < -0.4 is 0 Å². The van der Waals surface area contributed by atoms with Crippen LogP contribution in [0, 0.1) is 6.92 Å². The average Bonchev–Trinajstić information content (AvgIpc) is 3.31. The fourth-order valence-corrected chi connectivity index (χ4v) is 5.22. The largest absolute Gasteiger partial charge is 0.313 e. The Morgan fingerprint density at radius 2 is 1.32 bits per heavy atom. The highest BCUT2D eigenvalue weighted by molar-refractivity contribution is 5.96. The fourth-order valence-electron chi connectivity index (χ4n) is 5.22. The standard InChI is InChI=1S/C32H26N2.2C2H6/c1-3-4-15-26-23(2)33(30-20-10-8-17-27(26)30)24-13-12-14-25(22-24)34-31-19-7-5-6-16-28(31)29-18-9-11-21-32(29)34;2*1-2/h3-4,6-22H,1,5H2,2H3;2*1-2H3/b15-4-;;. The smallest absolute Gasteiger partial charge is 0.0541 e. The Morgan fingerprint density at radius 3 is 2.03 bits per heavy atom. The van der Waals surface area contributed by atoms with Gasteiger partial charge in [-0.1, -0.05) is 113 Å². The zero-order valence-electron chi connectivity index (χ0n) is 23.3. The van der Waals surface area contributed by atoms with E-state index in [9.17, 15) is 0 Å². The topological polar surface area (TPSA) is 9.86 Å². The molecule has 0 atom stereocenters. The molecular weight excluding hydrogens is 460 g/mol. The number of benzene rings is 3. The van der Waals surface area contributed by atoms with Gasteiger partial charge in [0, 0.05) is 39.0 Å². The summed E-state index contributed by atoms with van der Waals surface area (Å²) in [5.41, 5.74) is 9.72. The predicted molar refractivity (Wildman–Crippen MR) is 169 cm³/mol. The van der Waals surface area contributed by atoms with E-state index in [0.717, 1.165) is 17.8 Å². The number of para-hydroxylation sites is 2. The quantitative estimate of drug-likeness (QED) is 0.218. The lowest BCUT2D eigenvalue weighted by Crippen LogP contribution is -2.01. The lowest BCUT2D eigenvalue weighted by atomic mass is 10.1. The van der Waals surface area contributed by atoms with Gasteiger partial charge in [0.05, 0.1) is 16.7 Å². The molecule has 192 valence electrons. The highest BCUT2D eigenvalue weighted by atomic mass is 15.0. The van der Waals surface area contributed by atoms with Gasteiger partial charge in [-0.25, -0.2) is 0 Å². The summed E-state index contributed by atoms with van der Waals surface area (Å²) in [5, 5.41) is 2.53. The fraction of sp³-hybridized carbons (Fsp3) is 0.167. The molecule has 1 aliphatic rings. The summed E-state index contributed by atoms with van der Waals surface area (Å²) in [6.45, 7) is 14.0. The lowest BCUT2D eigenvalue weighted by molar-refractivity contribution is 1.03. The van der Waals surface area contributed by atoms with E-state index in [1.165, 1.54) is 44.3 Å². The number of aromatic nitrogens is 2. The van der Waals surface area contributed by atoms with Crippen LogP contribution in [-0.4, -0.2) is 9.13 Å². The number of fused-ring (bicyclic) bond motifs is 4. The van der Waals surface area contributed by atoms with Gasteiger partial charge in [0.1, 0.15) is 0 Å². The second kappa shape index (κ2) is 12.3. The molecule has 0 N–H and O–H groups in total. The maximum absolute atomic E-state index is 3.85. The third-order valence-electron chi connectivity index (χ3n) is 6.69. The van der Waals surface area contributed by atoms with Crippen LogP contribution >= 0.6 is 0 Å². The third kappa shape index (κ3) is 4.70. The molecule has 0 spiro atoms. The SMILES string of the molecule is C=C/C=C\c1c(C)n(-c2cccc(-n3c4c(c5ccccc53)C=CCC=C4)c2)c2ccccc12.CC.CC. The molecule has 0 bridgehead atoms. The van der Waals surface area contributed by atoms with Crippen LogP contribution in [0.2, 0.25) is 0 Å². The van der Waals surface area contributed by atoms with E-state index >= 15 is 0 Å². The zero-order chi connectivity index (χ0) is 27.1. The maximum Gasteiger partial charge on any atom is 0.0541 e. The number of nitrogens with zero attached hydrogens (tertiary/aromatic N) is 2. The highest BCUT2D eigenvalue weighted by Gasteiger charge is 2.17. The van der Waals surface area contributed by atoms with E-state index in [1.807, 2.05) is 39.8 Å². The molecule has 0 unspecified atom stereocenters. The van der Waals surface area contributed by atoms with Crippen molar-refractivity contribution < 1.29 is 0 Å². The lowest BCUT2D eigenvalue weighted by Gasteiger charge is -2.14. The van der Waals surface area contributed by atoms with Crippen LogP contribution in [0.15, 0.2) is 104 Å². The van der Waals surface area contributed by atoms with Crippen LogP contribution in [0.25, 0.3) is 51.4 Å². The Balaban J connectivity index is 0.000000804. The molecule has 2 heterocycles. The van der Waals surface area contributed by atoms with Crippen molar-refractivity contribution in [1.29, 1.82) is 0 Å². The molecule has 0 fully saturated rings. The van der Waals surface area contributed by atoms with Crippen LogP contribution in [0.3, 0.4) is 0 Å². The van der Waals surface area contributed by atoms with Gasteiger partial charge in [-0.15, -0.1) is 0 Å². The first-order chi connectivity index (χ1) is 18.8. The van der Waals surface area contributed by atoms with Crippen molar-refractivity contribution in [2.75, 3.05) is 0 Å². The molecule has 0 amide bonds. The van der Waals surface area contributed by atoms with Gasteiger partial charge in [0.25, 0.3) is 0 Å². The van der Waals surface area contributed by atoms with E-state index < -0.39 is 0 Å². The summed E-state index contributed by atoms with van der Waals surface area (Å²) < 4.78 is 4.75. The molecule has 2 nitrogen and oxygen atoms in total. The normalized spacial score (nSPS) is 12.0. The van der Waals surface area contributed by atoms with Gasteiger partial charge in [0.2, 0.25) is 0 Å². The number of rotatable bonds is 4. The monoisotopic (exact) mass is 498 g/mol. The average molecular weight is 499 g/mol. The van der Waals surface area contributed by atoms with Crippen molar-refractivity contribution in [3.05, 3.63) is 126 Å².